The third kappa shape index (κ3) is 5.10. The molecule has 2 atom stereocenters. The number of hydrogen-bond acceptors (Lipinski definition) is 3. The molecule has 0 bridgehead atoms. The van der Waals surface area contributed by atoms with E-state index in [2.05, 4.69) is 10.6 Å². The van der Waals surface area contributed by atoms with Gasteiger partial charge < -0.3 is 20.3 Å². The first-order chi connectivity index (χ1) is 13.4. The number of anilines is 1. The van der Waals surface area contributed by atoms with Gasteiger partial charge in [0.1, 0.15) is 6.10 Å². The molecular formula is C22H27N3O3. The van der Waals surface area contributed by atoms with Crippen LogP contribution in [0, 0.1) is 0 Å². The Morgan fingerprint density at radius 3 is 2.36 bits per heavy atom. The van der Waals surface area contributed by atoms with Crippen molar-refractivity contribution in [2.75, 3.05) is 18.4 Å². The van der Waals surface area contributed by atoms with E-state index in [0.717, 1.165) is 5.56 Å². The van der Waals surface area contributed by atoms with Gasteiger partial charge in [0.15, 0.2) is 0 Å². The monoisotopic (exact) mass is 381 g/mol. The maximum atomic E-state index is 13.0. The van der Waals surface area contributed by atoms with Crippen LogP contribution in [0.15, 0.2) is 54.6 Å². The molecule has 3 rings (SSSR count). The van der Waals surface area contributed by atoms with E-state index < -0.39 is 0 Å². The van der Waals surface area contributed by atoms with E-state index in [1.165, 1.54) is 0 Å². The van der Waals surface area contributed by atoms with Gasteiger partial charge in [-0.05, 0) is 50.6 Å². The van der Waals surface area contributed by atoms with Gasteiger partial charge in [-0.1, -0.05) is 30.3 Å². The average Bonchev–Trinajstić information content (AvgIpc) is 2.67. The predicted molar refractivity (Wildman–Crippen MR) is 109 cm³/mol. The highest BCUT2D eigenvalue weighted by molar-refractivity contribution is 5.95. The molecule has 0 aromatic heterocycles. The van der Waals surface area contributed by atoms with E-state index in [1.807, 2.05) is 56.0 Å². The minimum Gasteiger partial charge on any atom is -0.367 e. The summed E-state index contributed by atoms with van der Waals surface area (Å²) in [5.41, 5.74) is 2.31. The van der Waals surface area contributed by atoms with Gasteiger partial charge in [0.25, 0.3) is 5.91 Å². The lowest BCUT2D eigenvalue weighted by molar-refractivity contribution is -0.0691. The third-order valence-electron chi connectivity index (χ3n) is 4.53. The molecule has 1 aliphatic rings. The van der Waals surface area contributed by atoms with E-state index in [1.54, 1.807) is 24.3 Å². The van der Waals surface area contributed by atoms with Gasteiger partial charge in [0, 0.05) is 23.8 Å². The van der Waals surface area contributed by atoms with Crippen molar-refractivity contribution in [3.8, 4) is 0 Å². The fourth-order valence-corrected chi connectivity index (χ4v) is 3.28. The number of amides is 3. The van der Waals surface area contributed by atoms with Crippen molar-refractivity contribution in [1.82, 2.24) is 10.2 Å². The Kier molecular flexibility index (Phi) is 6.31. The lowest BCUT2D eigenvalue weighted by Gasteiger charge is -2.37. The molecule has 2 aromatic rings. The van der Waals surface area contributed by atoms with Crippen LogP contribution in [-0.2, 0) is 4.74 Å². The molecule has 1 saturated heterocycles. The van der Waals surface area contributed by atoms with Crippen molar-refractivity contribution >= 4 is 17.6 Å². The van der Waals surface area contributed by atoms with Crippen LogP contribution >= 0.6 is 0 Å². The van der Waals surface area contributed by atoms with Crippen LogP contribution in [0.4, 0.5) is 10.5 Å². The zero-order chi connectivity index (χ0) is 20.1. The minimum absolute atomic E-state index is 0.0331. The van der Waals surface area contributed by atoms with Crippen LogP contribution in [0.3, 0.4) is 0 Å². The van der Waals surface area contributed by atoms with E-state index in [4.69, 9.17) is 4.74 Å². The van der Waals surface area contributed by atoms with Crippen LogP contribution < -0.4 is 10.6 Å². The number of benzene rings is 2. The lowest BCUT2D eigenvalue weighted by Crippen LogP contribution is -2.45. The number of urea groups is 1. The van der Waals surface area contributed by atoms with Gasteiger partial charge in [-0.15, -0.1) is 0 Å². The summed E-state index contributed by atoms with van der Waals surface area (Å²) in [6, 6.07) is 16.7. The molecule has 0 radical (unpaired) electrons. The van der Waals surface area contributed by atoms with E-state index in [9.17, 15) is 9.59 Å². The number of nitrogens with zero attached hydrogens (tertiary/aromatic N) is 1. The summed E-state index contributed by atoms with van der Waals surface area (Å²) in [5, 5.41) is 5.53. The van der Waals surface area contributed by atoms with Crippen LogP contribution in [0.1, 0.15) is 42.8 Å². The first-order valence-corrected chi connectivity index (χ1v) is 9.59. The van der Waals surface area contributed by atoms with Gasteiger partial charge in [-0.25, -0.2) is 4.79 Å². The summed E-state index contributed by atoms with van der Waals surface area (Å²) >= 11 is 0. The van der Waals surface area contributed by atoms with E-state index >= 15 is 0 Å². The van der Waals surface area contributed by atoms with Crippen molar-refractivity contribution < 1.29 is 14.3 Å². The summed E-state index contributed by atoms with van der Waals surface area (Å²) in [4.78, 5) is 26.6. The summed E-state index contributed by atoms with van der Waals surface area (Å²) in [5.74, 6) is -0.0331. The summed E-state index contributed by atoms with van der Waals surface area (Å²) in [7, 11) is 0. The molecule has 148 valence electrons. The predicted octanol–water partition coefficient (Wildman–Crippen LogP) is 3.82. The molecule has 1 aliphatic heterocycles. The third-order valence-corrected chi connectivity index (χ3v) is 4.53. The molecule has 0 spiro atoms. The molecule has 6 nitrogen and oxygen atoms in total. The number of rotatable bonds is 4. The first-order valence-electron chi connectivity index (χ1n) is 9.59. The molecule has 1 fully saturated rings. The topological polar surface area (TPSA) is 70.7 Å². The number of carbonyl (C=O) groups excluding carboxylic acids is 2. The summed E-state index contributed by atoms with van der Waals surface area (Å²) < 4.78 is 6.03. The molecule has 2 aromatic carbocycles. The smallest absolute Gasteiger partial charge is 0.319 e. The Labute approximate surface area is 165 Å². The van der Waals surface area contributed by atoms with E-state index in [-0.39, 0.29) is 30.2 Å². The van der Waals surface area contributed by atoms with Crippen molar-refractivity contribution in [2.45, 2.75) is 39.0 Å². The molecule has 0 saturated carbocycles. The average molecular weight is 381 g/mol. The van der Waals surface area contributed by atoms with Gasteiger partial charge in [0.05, 0.1) is 12.6 Å². The van der Waals surface area contributed by atoms with Gasteiger partial charge in [-0.3, -0.25) is 4.79 Å². The number of nitrogens with one attached hydrogen (secondary N) is 2. The van der Waals surface area contributed by atoms with Gasteiger partial charge >= 0.3 is 6.03 Å². The molecule has 6 heteroatoms. The summed E-state index contributed by atoms with van der Waals surface area (Å²) in [6.07, 6.45) is -0.168. The van der Waals surface area contributed by atoms with E-state index in [0.29, 0.717) is 24.3 Å². The SMILES string of the molecule is CC(C)NC(=O)Nc1ccc(C(=O)N2CC(C)OC(c3ccccc3)C2)cc1. The van der Waals surface area contributed by atoms with Crippen molar-refractivity contribution in [2.24, 2.45) is 0 Å². The van der Waals surface area contributed by atoms with Gasteiger partial charge in [-0.2, -0.15) is 0 Å². The Hall–Kier alpha value is -2.86. The Balaban J connectivity index is 1.66. The molecule has 0 aliphatic carbocycles. The van der Waals surface area contributed by atoms with Crippen LogP contribution in [-0.4, -0.2) is 42.1 Å². The Morgan fingerprint density at radius 2 is 1.71 bits per heavy atom. The molecule has 3 amide bonds. The maximum absolute atomic E-state index is 13.0. The Bertz CT molecular complexity index is 806. The fraction of sp³-hybridized carbons (Fsp3) is 0.364. The summed E-state index contributed by atoms with van der Waals surface area (Å²) in [6.45, 7) is 6.85. The molecule has 2 unspecified atom stereocenters. The highest BCUT2D eigenvalue weighted by Crippen LogP contribution is 2.26. The molecular weight excluding hydrogens is 354 g/mol. The highest BCUT2D eigenvalue weighted by atomic mass is 16.5. The first kappa shape index (κ1) is 19.9. The molecule has 2 N–H and O–H groups in total. The molecule has 28 heavy (non-hydrogen) atoms. The highest BCUT2D eigenvalue weighted by Gasteiger charge is 2.29. The molecule has 1 heterocycles. The zero-order valence-electron chi connectivity index (χ0n) is 16.5. The second-order valence-electron chi connectivity index (χ2n) is 7.39. The minimum atomic E-state index is -0.262. The van der Waals surface area contributed by atoms with Crippen LogP contribution in [0.2, 0.25) is 0 Å². The quantitative estimate of drug-likeness (QED) is 0.846. The van der Waals surface area contributed by atoms with Crippen molar-refractivity contribution in [3.05, 3.63) is 65.7 Å². The second-order valence-corrected chi connectivity index (χ2v) is 7.39. The van der Waals surface area contributed by atoms with Crippen LogP contribution in [0.5, 0.6) is 0 Å². The fourth-order valence-electron chi connectivity index (χ4n) is 3.28. The number of morpholine rings is 1. The number of carbonyl (C=O) groups is 2. The zero-order valence-corrected chi connectivity index (χ0v) is 16.5. The standard InChI is InChI=1S/C22H27N3O3/c1-15(2)23-22(27)24-19-11-9-18(10-12-19)21(26)25-13-16(3)28-20(14-25)17-7-5-4-6-8-17/h4-12,15-16,20H,13-14H2,1-3H3,(H2,23,24,27). The maximum Gasteiger partial charge on any atom is 0.319 e. The van der Waals surface area contributed by atoms with Gasteiger partial charge in [0.2, 0.25) is 0 Å². The van der Waals surface area contributed by atoms with Crippen LogP contribution in [0.25, 0.3) is 0 Å². The number of hydrogen-bond donors (Lipinski definition) is 2. The lowest BCUT2D eigenvalue weighted by atomic mass is 10.1. The largest absolute Gasteiger partial charge is 0.367 e. The number of ether oxygens (including phenoxy) is 1. The van der Waals surface area contributed by atoms with Crippen molar-refractivity contribution in [1.29, 1.82) is 0 Å². The van der Waals surface area contributed by atoms with Crippen molar-refractivity contribution in [3.63, 3.8) is 0 Å². The Morgan fingerprint density at radius 1 is 1.04 bits per heavy atom. The second kappa shape index (κ2) is 8.89. The normalized spacial score (nSPS) is 19.4.